The van der Waals surface area contributed by atoms with Crippen LogP contribution in [-0.4, -0.2) is 37.0 Å². The van der Waals surface area contributed by atoms with Crippen LogP contribution in [0.1, 0.15) is 43.6 Å². The topological polar surface area (TPSA) is 32.3 Å². The summed E-state index contributed by atoms with van der Waals surface area (Å²) in [6.45, 7) is 3.88. The van der Waals surface area contributed by atoms with Gasteiger partial charge in [0, 0.05) is 19.0 Å². The summed E-state index contributed by atoms with van der Waals surface area (Å²) in [5.41, 5.74) is 1.44. The number of piperidine rings is 1. The molecule has 0 saturated carbocycles. The highest BCUT2D eigenvalue weighted by Gasteiger charge is 2.27. The third kappa shape index (κ3) is 4.23. The van der Waals surface area contributed by atoms with Gasteiger partial charge in [-0.3, -0.25) is 4.79 Å². The molecule has 0 aliphatic carbocycles. The normalized spacial score (nSPS) is 23.5. The summed E-state index contributed by atoms with van der Waals surface area (Å²) in [5, 5.41) is 3.34. The van der Waals surface area contributed by atoms with E-state index in [0.717, 1.165) is 51.9 Å². The van der Waals surface area contributed by atoms with E-state index in [1.54, 1.807) is 0 Å². The van der Waals surface area contributed by atoms with E-state index in [1.807, 2.05) is 0 Å². The van der Waals surface area contributed by atoms with Crippen molar-refractivity contribution in [1.82, 2.24) is 10.2 Å². The van der Waals surface area contributed by atoms with Crippen LogP contribution < -0.4 is 5.32 Å². The quantitative estimate of drug-likeness (QED) is 0.907. The van der Waals surface area contributed by atoms with Crippen LogP contribution in [0.2, 0.25) is 0 Å². The van der Waals surface area contributed by atoms with Crippen molar-refractivity contribution in [2.75, 3.05) is 26.2 Å². The van der Waals surface area contributed by atoms with Crippen LogP contribution in [0.5, 0.6) is 0 Å². The average Bonchev–Trinajstić information content (AvgIpc) is 2.82. The van der Waals surface area contributed by atoms with Gasteiger partial charge < -0.3 is 10.2 Å². The maximum atomic E-state index is 12.6. The number of hydrogen-bond acceptors (Lipinski definition) is 2. The smallest absolute Gasteiger partial charge is 0.225 e. The van der Waals surface area contributed by atoms with E-state index in [-0.39, 0.29) is 18.3 Å². The van der Waals surface area contributed by atoms with Crippen LogP contribution >= 0.6 is 12.4 Å². The summed E-state index contributed by atoms with van der Waals surface area (Å²) in [7, 11) is 0. The Morgan fingerprint density at radius 1 is 1.00 bits per heavy atom. The third-order valence-corrected chi connectivity index (χ3v) is 5.00. The second-order valence-electron chi connectivity index (χ2n) is 6.39. The molecule has 0 aromatic heterocycles. The fourth-order valence-corrected chi connectivity index (χ4v) is 3.70. The second-order valence-corrected chi connectivity index (χ2v) is 6.39. The van der Waals surface area contributed by atoms with E-state index in [0.29, 0.717) is 11.8 Å². The van der Waals surface area contributed by atoms with Crippen molar-refractivity contribution in [2.24, 2.45) is 5.92 Å². The molecule has 3 rings (SSSR count). The summed E-state index contributed by atoms with van der Waals surface area (Å²) in [6.07, 6.45) is 5.48. The van der Waals surface area contributed by atoms with Crippen LogP contribution in [-0.2, 0) is 4.79 Å². The Morgan fingerprint density at radius 3 is 2.45 bits per heavy atom. The van der Waals surface area contributed by atoms with Crippen molar-refractivity contribution in [1.29, 1.82) is 0 Å². The summed E-state index contributed by atoms with van der Waals surface area (Å²) in [5.74, 6) is 1.29. The molecule has 3 nitrogen and oxygen atoms in total. The molecule has 1 aromatic carbocycles. The van der Waals surface area contributed by atoms with Gasteiger partial charge in [-0.25, -0.2) is 0 Å². The zero-order valence-electron chi connectivity index (χ0n) is 13.2. The number of nitrogens with zero attached hydrogens (tertiary/aromatic N) is 1. The average molecular weight is 323 g/mol. The molecule has 2 aliphatic rings. The van der Waals surface area contributed by atoms with Crippen molar-refractivity contribution >= 4 is 18.3 Å². The summed E-state index contributed by atoms with van der Waals surface area (Å²) < 4.78 is 0. The molecule has 2 heterocycles. The molecule has 1 unspecified atom stereocenters. The first-order valence-corrected chi connectivity index (χ1v) is 8.39. The zero-order chi connectivity index (χ0) is 14.5. The summed E-state index contributed by atoms with van der Waals surface area (Å²) in [6, 6.07) is 10.8. The summed E-state index contributed by atoms with van der Waals surface area (Å²) >= 11 is 0. The van der Waals surface area contributed by atoms with Crippen molar-refractivity contribution in [3.8, 4) is 0 Å². The lowest BCUT2D eigenvalue weighted by molar-refractivity contribution is -0.136. The highest BCUT2D eigenvalue weighted by Crippen LogP contribution is 2.29. The number of rotatable bonds is 2. The monoisotopic (exact) mass is 322 g/mol. The Balaban J connectivity index is 0.00000176. The SMILES string of the molecule is Cl.O=C(C1CCNCC1)N1CCCC(c2ccccc2)CC1. The Hall–Kier alpha value is -1.06. The van der Waals surface area contributed by atoms with Gasteiger partial charge >= 0.3 is 0 Å². The molecule has 1 aromatic rings. The molecule has 122 valence electrons. The predicted molar refractivity (Wildman–Crippen MR) is 92.5 cm³/mol. The van der Waals surface area contributed by atoms with Crippen molar-refractivity contribution < 1.29 is 4.79 Å². The van der Waals surface area contributed by atoms with Gasteiger partial charge in [-0.2, -0.15) is 0 Å². The molecule has 1 N–H and O–H groups in total. The van der Waals surface area contributed by atoms with Gasteiger partial charge in [-0.1, -0.05) is 30.3 Å². The van der Waals surface area contributed by atoms with Gasteiger partial charge in [-0.15, -0.1) is 12.4 Å². The molecule has 1 atom stereocenters. The standard InChI is InChI=1S/C18H26N2O.ClH/c21-18(17-8-11-19-12-9-17)20-13-4-7-16(10-14-20)15-5-2-1-3-6-15;/h1-3,5-6,16-17,19H,4,7-14H2;1H. The van der Waals surface area contributed by atoms with Crippen LogP contribution in [0, 0.1) is 5.92 Å². The fourth-order valence-electron chi connectivity index (χ4n) is 3.70. The predicted octanol–water partition coefficient (Wildman–Crippen LogP) is 3.20. The maximum absolute atomic E-state index is 12.6. The van der Waals surface area contributed by atoms with E-state index in [9.17, 15) is 4.79 Å². The Labute approximate surface area is 139 Å². The second kappa shape index (κ2) is 8.54. The Bertz CT molecular complexity index is 459. The van der Waals surface area contributed by atoms with Crippen LogP contribution in [0.25, 0.3) is 0 Å². The number of likely N-dealkylation sites (tertiary alicyclic amines) is 1. The first-order chi connectivity index (χ1) is 10.3. The molecule has 2 fully saturated rings. The minimum atomic E-state index is 0. The number of amides is 1. The van der Waals surface area contributed by atoms with Gasteiger partial charge in [0.1, 0.15) is 0 Å². The molecule has 1 amide bonds. The molecule has 0 bridgehead atoms. The number of carbonyl (C=O) groups excluding carboxylic acids is 1. The van der Waals surface area contributed by atoms with E-state index in [4.69, 9.17) is 0 Å². The van der Waals surface area contributed by atoms with Crippen LogP contribution in [0.4, 0.5) is 0 Å². The fraction of sp³-hybridized carbons (Fsp3) is 0.611. The molecule has 0 radical (unpaired) electrons. The molecule has 2 aliphatic heterocycles. The molecule has 4 heteroatoms. The van der Waals surface area contributed by atoms with E-state index in [1.165, 1.54) is 12.0 Å². The highest BCUT2D eigenvalue weighted by atomic mass is 35.5. The minimum Gasteiger partial charge on any atom is -0.342 e. The first kappa shape index (κ1) is 17.3. The number of benzene rings is 1. The molecule has 0 spiro atoms. The third-order valence-electron chi connectivity index (χ3n) is 5.00. The maximum Gasteiger partial charge on any atom is 0.225 e. The van der Waals surface area contributed by atoms with Crippen LogP contribution in [0.3, 0.4) is 0 Å². The summed E-state index contributed by atoms with van der Waals surface area (Å²) in [4.78, 5) is 14.8. The lowest BCUT2D eigenvalue weighted by Crippen LogP contribution is -2.41. The van der Waals surface area contributed by atoms with Gasteiger partial charge in [-0.05, 0) is 56.7 Å². The van der Waals surface area contributed by atoms with Crippen molar-refractivity contribution in [2.45, 2.75) is 38.0 Å². The lowest BCUT2D eigenvalue weighted by atomic mass is 9.92. The van der Waals surface area contributed by atoms with Crippen molar-refractivity contribution in [3.63, 3.8) is 0 Å². The zero-order valence-corrected chi connectivity index (χ0v) is 14.0. The number of hydrogen-bond donors (Lipinski definition) is 1. The van der Waals surface area contributed by atoms with Crippen molar-refractivity contribution in [3.05, 3.63) is 35.9 Å². The Morgan fingerprint density at radius 2 is 1.73 bits per heavy atom. The highest BCUT2D eigenvalue weighted by molar-refractivity contribution is 5.85. The Kier molecular flexibility index (Phi) is 6.71. The first-order valence-electron chi connectivity index (χ1n) is 8.39. The number of nitrogens with one attached hydrogen (secondary N) is 1. The molecule has 2 saturated heterocycles. The van der Waals surface area contributed by atoms with Gasteiger partial charge in [0.15, 0.2) is 0 Å². The van der Waals surface area contributed by atoms with E-state index < -0.39 is 0 Å². The van der Waals surface area contributed by atoms with Crippen LogP contribution in [0.15, 0.2) is 30.3 Å². The molecule has 22 heavy (non-hydrogen) atoms. The largest absolute Gasteiger partial charge is 0.342 e. The lowest BCUT2D eigenvalue weighted by Gasteiger charge is -2.28. The van der Waals surface area contributed by atoms with E-state index in [2.05, 4.69) is 40.5 Å². The van der Waals surface area contributed by atoms with Gasteiger partial charge in [0.05, 0.1) is 0 Å². The molecular formula is C18H27ClN2O. The van der Waals surface area contributed by atoms with E-state index >= 15 is 0 Å². The molecular weight excluding hydrogens is 296 g/mol. The number of halogens is 1. The minimum absolute atomic E-state index is 0. The van der Waals surface area contributed by atoms with Gasteiger partial charge in [0.2, 0.25) is 5.91 Å². The van der Waals surface area contributed by atoms with Gasteiger partial charge in [0.25, 0.3) is 0 Å². The number of carbonyl (C=O) groups is 1.